The second kappa shape index (κ2) is 7.74. The molecule has 108 valence electrons. The van der Waals surface area contributed by atoms with Crippen LogP contribution in [0, 0.1) is 17.3 Å². The van der Waals surface area contributed by atoms with Gasteiger partial charge < -0.3 is 15.8 Å². The summed E-state index contributed by atoms with van der Waals surface area (Å²) in [5, 5.41) is 3.05. The third kappa shape index (κ3) is 6.97. The molecule has 0 bridgehead atoms. The summed E-state index contributed by atoms with van der Waals surface area (Å²) < 4.78 is 5.13. The zero-order chi connectivity index (χ0) is 14.3. The van der Waals surface area contributed by atoms with Gasteiger partial charge in [-0.15, -0.1) is 0 Å². The molecular weight excluding hydrogens is 228 g/mol. The molecule has 4 heteroatoms. The lowest BCUT2D eigenvalue weighted by Crippen LogP contribution is -2.46. The maximum Gasteiger partial charge on any atom is 0.224 e. The Kier molecular flexibility index (Phi) is 7.48. The van der Waals surface area contributed by atoms with Gasteiger partial charge in [-0.1, -0.05) is 34.6 Å². The Morgan fingerprint density at radius 1 is 1.33 bits per heavy atom. The number of hydrogen-bond donors (Lipinski definition) is 2. The van der Waals surface area contributed by atoms with Gasteiger partial charge >= 0.3 is 0 Å². The number of rotatable bonds is 7. The number of carbonyl (C=O) groups excluding carboxylic acids is 1. The molecule has 0 aromatic carbocycles. The molecule has 0 aromatic heterocycles. The summed E-state index contributed by atoms with van der Waals surface area (Å²) in [5.41, 5.74) is 5.82. The number of nitrogens with two attached hydrogens (primary N) is 1. The molecule has 1 amide bonds. The standard InChI is InChI=1S/C14H30N2O2/c1-10(2)12(9-18-6)16-13(17)11(8-15)7-14(3,4)5/h10-12H,7-9,15H2,1-6H3,(H,16,17). The first-order valence-electron chi connectivity index (χ1n) is 6.70. The van der Waals surface area contributed by atoms with E-state index in [2.05, 4.69) is 39.9 Å². The van der Waals surface area contributed by atoms with E-state index in [-0.39, 0.29) is 23.3 Å². The Balaban J connectivity index is 4.50. The Bertz CT molecular complexity index is 247. The van der Waals surface area contributed by atoms with E-state index in [1.165, 1.54) is 0 Å². The second-order valence-corrected chi connectivity index (χ2v) is 6.51. The number of methoxy groups -OCH3 is 1. The van der Waals surface area contributed by atoms with Gasteiger partial charge in [-0.25, -0.2) is 0 Å². The molecule has 2 unspecified atom stereocenters. The fourth-order valence-electron chi connectivity index (χ4n) is 1.90. The Morgan fingerprint density at radius 2 is 1.89 bits per heavy atom. The zero-order valence-electron chi connectivity index (χ0n) is 12.7. The van der Waals surface area contributed by atoms with E-state index < -0.39 is 0 Å². The smallest absolute Gasteiger partial charge is 0.224 e. The first-order valence-corrected chi connectivity index (χ1v) is 6.70. The van der Waals surface area contributed by atoms with Gasteiger partial charge in [0.15, 0.2) is 0 Å². The van der Waals surface area contributed by atoms with Crippen LogP contribution in [-0.2, 0) is 9.53 Å². The quantitative estimate of drug-likeness (QED) is 0.731. The number of amides is 1. The number of carbonyl (C=O) groups is 1. The van der Waals surface area contributed by atoms with Crippen LogP contribution in [0.4, 0.5) is 0 Å². The average molecular weight is 258 g/mol. The maximum absolute atomic E-state index is 12.2. The minimum Gasteiger partial charge on any atom is -0.383 e. The average Bonchev–Trinajstić information content (AvgIpc) is 2.23. The lowest BCUT2D eigenvalue weighted by atomic mass is 9.84. The lowest BCUT2D eigenvalue weighted by Gasteiger charge is -2.28. The molecule has 0 aromatic rings. The van der Waals surface area contributed by atoms with Crippen LogP contribution in [0.2, 0.25) is 0 Å². The summed E-state index contributed by atoms with van der Waals surface area (Å²) >= 11 is 0. The molecule has 0 saturated heterocycles. The number of nitrogens with one attached hydrogen (secondary N) is 1. The summed E-state index contributed by atoms with van der Waals surface area (Å²) in [4.78, 5) is 12.2. The van der Waals surface area contributed by atoms with E-state index in [1.54, 1.807) is 7.11 Å². The van der Waals surface area contributed by atoms with Crippen molar-refractivity contribution in [2.24, 2.45) is 23.0 Å². The molecule has 0 aliphatic rings. The van der Waals surface area contributed by atoms with Crippen molar-refractivity contribution >= 4 is 5.91 Å². The third-order valence-electron chi connectivity index (χ3n) is 2.99. The van der Waals surface area contributed by atoms with Gasteiger partial charge in [-0.3, -0.25) is 4.79 Å². The summed E-state index contributed by atoms with van der Waals surface area (Å²) in [6.07, 6.45) is 0.799. The molecule has 0 saturated carbocycles. The summed E-state index contributed by atoms with van der Waals surface area (Å²) in [5.74, 6) is 0.272. The van der Waals surface area contributed by atoms with Crippen LogP contribution in [0.1, 0.15) is 41.0 Å². The van der Waals surface area contributed by atoms with E-state index in [0.29, 0.717) is 19.1 Å². The molecule has 0 aliphatic heterocycles. The summed E-state index contributed by atoms with van der Waals surface area (Å²) in [6.45, 7) is 11.4. The third-order valence-corrected chi connectivity index (χ3v) is 2.99. The van der Waals surface area contributed by atoms with E-state index >= 15 is 0 Å². The fourth-order valence-corrected chi connectivity index (χ4v) is 1.90. The predicted octanol–water partition coefficient (Wildman–Crippen LogP) is 1.78. The van der Waals surface area contributed by atoms with Crippen molar-refractivity contribution < 1.29 is 9.53 Å². The van der Waals surface area contributed by atoms with Gasteiger partial charge in [0.05, 0.1) is 18.6 Å². The predicted molar refractivity (Wildman–Crippen MR) is 75.3 cm³/mol. The van der Waals surface area contributed by atoms with Crippen molar-refractivity contribution in [3.63, 3.8) is 0 Å². The van der Waals surface area contributed by atoms with Gasteiger partial charge in [0.25, 0.3) is 0 Å². The largest absolute Gasteiger partial charge is 0.383 e. The highest BCUT2D eigenvalue weighted by atomic mass is 16.5. The second-order valence-electron chi connectivity index (χ2n) is 6.51. The van der Waals surface area contributed by atoms with Crippen molar-refractivity contribution in [2.45, 2.75) is 47.1 Å². The van der Waals surface area contributed by atoms with E-state index in [0.717, 1.165) is 6.42 Å². The molecule has 18 heavy (non-hydrogen) atoms. The molecule has 0 fully saturated rings. The van der Waals surface area contributed by atoms with Crippen LogP contribution < -0.4 is 11.1 Å². The first-order chi connectivity index (χ1) is 8.21. The van der Waals surface area contributed by atoms with Crippen LogP contribution in [0.25, 0.3) is 0 Å². The van der Waals surface area contributed by atoms with Crippen LogP contribution in [0.5, 0.6) is 0 Å². The van der Waals surface area contributed by atoms with Crippen molar-refractivity contribution in [3.8, 4) is 0 Å². The highest BCUT2D eigenvalue weighted by Crippen LogP contribution is 2.24. The van der Waals surface area contributed by atoms with Crippen molar-refractivity contribution in [1.82, 2.24) is 5.32 Å². The fraction of sp³-hybridized carbons (Fsp3) is 0.929. The molecule has 2 atom stereocenters. The van der Waals surface area contributed by atoms with Crippen molar-refractivity contribution in [2.75, 3.05) is 20.3 Å². The minimum atomic E-state index is -0.122. The Morgan fingerprint density at radius 3 is 2.22 bits per heavy atom. The molecule has 0 spiro atoms. The van der Waals surface area contributed by atoms with Crippen LogP contribution >= 0.6 is 0 Å². The molecule has 0 rings (SSSR count). The van der Waals surface area contributed by atoms with E-state index in [1.807, 2.05) is 0 Å². The SMILES string of the molecule is COCC(NC(=O)C(CN)CC(C)(C)C)C(C)C. The summed E-state index contributed by atoms with van der Waals surface area (Å²) in [7, 11) is 1.65. The highest BCUT2D eigenvalue weighted by Gasteiger charge is 2.26. The number of ether oxygens (including phenoxy) is 1. The lowest BCUT2D eigenvalue weighted by molar-refractivity contribution is -0.127. The normalized spacial score (nSPS) is 15.6. The maximum atomic E-state index is 12.2. The topological polar surface area (TPSA) is 64.3 Å². The van der Waals surface area contributed by atoms with Gasteiger partial charge in [0.2, 0.25) is 5.91 Å². The Labute approximate surface area is 112 Å². The van der Waals surface area contributed by atoms with E-state index in [9.17, 15) is 4.79 Å². The monoisotopic (exact) mass is 258 g/mol. The van der Waals surface area contributed by atoms with E-state index in [4.69, 9.17) is 10.5 Å². The molecule has 3 N–H and O–H groups in total. The van der Waals surface area contributed by atoms with Crippen LogP contribution in [-0.4, -0.2) is 32.2 Å². The Hall–Kier alpha value is -0.610. The first kappa shape index (κ1) is 17.4. The van der Waals surface area contributed by atoms with Crippen molar-refractivity contribution in [3.05, 3.63) is 0 Å². The molecular formula is C14H30N2O2. The van der Waals surface area contributed by atoms with Gasteiger partial charge in [0.1, 0.15) is 0 Å². The number of hydrogen-bond acceptors (Lipinski definition) is 3. The van der Waals surface area contributed by atoms with Crippen LogP contribution in [0.15, 0.2) is 0 Å². The molecule has 0 heterocycles. The zero-order valence-corrected chi connectivity index (χ0v) is 12.7. The summed E-state index contributed by atoms with van der Waals surface area (Å²) in [6, 6.07) is 0.0523. The molecule has 0 aliphatic carbocycles. The van der Waals surface area contributed by atoms with Gasteiger partial charge in [0, 0.05) is 13.7 Å². The molecule has 0 radical (unpaired) electrons. The van der Waals surface area contributed by atoms with Gasteiger partial charge in [-0.05, 0) is 17.8 Å². The highest BCUT2D eigenvalue weighted by molar-refractivity contribution is 5.79. The van der Waals surface area contributed by atoms with Crippen LogP contribution in [0.3, 0.4) is 0 Å². The minimum absolute atomic E-state index is 0.0446. The molecule has 4 nitrogen and oxygen atoms in total. The van der Waals surface area contributed by atoms with Crippen molar-refractivity contribution in [1.29, 1.82) is 0 Å². The van der Waals surface area contributed by atoms with Gasteiger partial charge in [-0.2, -0.15) is 0 Å².